The summed E-state index contributed by atoms with van der Waals surface area (Å²) in [5.74, 6) is -2.54. The van der Waals surface area contributed by atoms with Crippen LogP contribution in [0, 0.1) is 19.7 Å². The SMILES string of the molecule is Cc1cc(C(C)Nc2cccc(-c3ccc(C(=O)N(C)[C@@H](C)C(=O)O)c(F)c3)c2)cc(C)c1Cl. The third-order valence-electron chi connectivity index (χ3n) is 6.00. The minimum atomic E-state index is -1.16. The van der Waals surface area contributed by atoms with E-state index in [0.717, 1.165) is 37.9 Å². The summed E-state index contributed by atoms with van der Waals surface area (Å²) in [6.45, 7) is 7.40. The van der Waals surface area contributed by atoms with Crippen molar-refractivity contribution in [2.24, 2.45) is 0 Å². The Morgan fingerprint density at radius 3 is 2.21 bits per heavy atom. The van der Waals surface area contributed by atoms with E-state index >= 15 is 0 Å². The molecule has 3 aromatic carbocycles. The minimum absolute atomic E-state index is 0.0217. The molecule has 3 aromatic rings. The van der Waals surface area contributed by atoms with Crippen LogP contribution in [-0.2, 0) is 4.79 Å². The molecule has 3 rings (SSSR count). The molecule has 0 aliphatic heterocycles. The van der Waals surface area contributed by atoms with Gasteiger partial charge in [0.1, 0.15) is 11.9 Å². The molecule has 0 heterocycles. The summed E-state index contributed by atoms with van der Waals surface area (Å²) in [5, 5.41) is 13.4. The first-order valence-corrected chi connectivity index (χ1v) is 11.3. The van der Waals surface area contributed by atoms with E-state index in [1.165, 1.54) is 26.1 Å². The van der Waals surface area contributed by atoms with Gasteiger partial charge in [0.2, 0.25) is 0 Å². The Bertz CT molecular complexity index is 1220. The molecule has 0 bridgehead atoms. The van der Waals surface area contributed by atoms with Crippen LogP contribution in [0.25, 0.3) is 11.1 Å². The van der Waals surface area contributed by atoms with Crippen molar-refractivity contribution < 1.29 is 19.1 Å². The third kappa shape index (κ3) is 5.39. The van der Waals surface area contributed by atoms with Crippen LogP contribution >= 0.6 is 11.6 Å². The van der Waals surface area contributed by atoms with Crippen LogP contribution in [0.4, 0.5) is 10.1 Å². The zero-order chi connectivity index (χ0) is 25.2. The van der Waals surface area contributed by atoms with Gasteiger partial charge in [-0.1, -0.05) is 41.9 Å². The Morgan fingerprint density at radius 1 is 1.00 bits per heavy atom. The Balaban J connectivity index is 1.82. The molecule has 1 unspecified atom stereocenters. The zero-order valence-electron chi connectivity index (χ0n) is 19.8. The number of nitrogens with one attached hydrogen (secondary N) is 1. The highest BCUT2D eigenvalue weighted by Crippen LogP contribution is 2.29. The molecule has 0 aliphatic rings. The van der Waals surface area contributed by atoms with Crippen LogP contribution in [0.3, 0.4) is 0 Å². The van der Waals surface area contributed by atoms with Gasteiger partial charge in [-0.15, -0.1) is 0 Å². The quantitative estimate of drug-likeness (QED) is 0.404. The van der Waals surface area contributed by atoms with Crippen molar-refractivity contribution in [3.63, 3.8) is 0 Å². The lowest BCUT2D eigenvalue weighted by molar-refractivity contribution is -0.141. The average molecular weight is 483 g/mol. The number of carbonyl (C=O) groups is 2. The number of halogens is 2. The van der Waals surface area contributed by atoms with E-state index in [4.69, 9.17) is 16.7 Å². The Labute approximate surface area is 204 Å². The van der Waals surface area contributed by atoms with Crippen molar-refractivity contribution in [1.82, 2.24) is 4.90 Å². The molecule has 0 saturated carbocycles. The zero-order valence-corrected chi connectivity index (χ0v) is 20.6. The molecule has 0 spiro atoms. The molecule has 34 heavy (non-hydrogen) atoms. The lowest BCUT2D eigenvalue weighted by atomic mass is 10.0. The summed E-state index contributed by atoms with van der Waals surface area (Å²) >= 11 is 6.29. The van der Waals surface area contributed by atoms with E-state index in [-0.39, 0.29) is 11.6 Å². The summed E-state index contributed by atoms with van der Waals surface area (Å²) in [4.78, 5) is 24.7. The van der Waals surface area contributed by atoms with Crippen molar-refractivity contribution in [2.75, 3.05) is 12.4 Å². The standard InChI is InChI=1S/C27H28ClFN2O3/c1-15-11-21(12-16(2)25(15)28)17(3)30-22-8-6-7-19(13-22)20-9-10-23(24(29)14-20)26(32)31(5)18(4)27(33)34/h6-14,17-18,30H,1-5H3,(H,33,34)/t17?,18-/m0/s1. The van der Waals surface area contributed by atoms with Gasteiger partial charge in [0, 0.05) is 23.8 Å². The Morgan fingerprint density at radius 2 is 1.62 bits per heavy atom. The number of aryl methyl sites for hydroxylation is 2. The molecule has 5 nitrogen and oxygen atoms in total. The highest BCUT2D eigenvalue weighted by atomic mass is 35.5. The predicted octanol–water partition coefficient (Wildman–Crippen LogP) is 6.48. The van der Waals surface area contributed by atoms with E-state index in [9.17, 15) is 14.0 Å². The molecule has 178 valence electrons. The monoisotopic (exact) mass is 482 g/mol. The number of anilines is 1. The van der Waals surface area contributed by atoms with Gasteiger partial charge in [0.25, 0.3) is 5.91 Å². The molecular weight excluding hydrogens is 455 g/mol. The van der Waals surface area contributed by atoms with Gasteiger partial charge in [-0.25, -0.2) is 9.18 Å². The number of nitrogens with zero attached hydrogens (tertiary/aromatic N) is 1. The number of carboxylic acid groups (broad SMARTS) is 1. The number of hydrogen-bond acceptors (Lipinski definition) is 3. The normalized spacial score (nSPS) is 12.7. The second kappa shape index (κ2) is 10.3. The lowest BCUT2D eigenvalue weighted by Gasteiger charge is -2.22. The van der Waals surface area contributed by atoms with Gasteiger partial charge in [-0.05, 0) is 79.8 Å². The first kappa shape index (κ1) is 25.2. The number of hydrogen-bond donors (Lipinski definition) is 2. The maximum absolute atomic E-state index is 14.8. The van der Waals surface area contributed by atoms with Crippen LogP contribution in [0.15, 0.2) is 54.6 Å². The van der Waals surface area contributed by atoms with Gasteiger partial charge < -0.3 is 15.3 Å². The maximum atomic E-state index is 14.8. The summed E-state index contributed by atoms with van der Waals surface area (Å²) in [6, 6.07) is 15.0. The number of benzene rings is 3. The molecule has 7 heteroatoms. The fourth-order valence-corrected chi connectivity index (χ4v) is 3.86. The van der Waals surface area contributed by atoms with Crippen molar-refractivity contribution >= 4 is 29.2 Å². The highest BCUT2D eigenvalue weighted by Gasteiger charge is 2.25. The van der Waals surface area contributed by atoms with Crippen molar-refractivity contribution in [3.8, 4) is 11.1 Å². The van der Waals surface area contributed by atoms with Crippen molar-refractivity contribution in [2.45, 2.75) is 39.8 Å². The Kier molecular flexibility index (Phi) is 7.62. The number of likely N-dealkylation sites (N-methyl/N-ethyl adjacent to an activating group) is 1. The molecule has 2 atom stereocenters. The number of carboxylic acids is 1. The smallest absolute Gasteiger partial charge is 0.326 e. The van der Waals surface area contributed by atoms with E-state index in [0.29, 0.717) is 5.56 Å². The van der Waals surface area contributed by atoms with Crippen LogP contribution in [0.1, 0.15) is 46.9 Å². The summed E-state index contributed by atoms with van der Waals surface area (Å²) in [7, 11) is 1.34. The first-order valence-electron chi connectivity index (χ1n) is 10.9. The molecule has 0 aliphatic carbocycles. The second-order valence-corrected chi connectivity index (χ2v) is 8.92. The topological polar surface area (TPSA) is 69.6 Å². The number of aliphatic carboxylic acids is 1. The van der Waals surface area contributed by atoms with Gasteiger partial charge in [0.05, 0.1) is 5.56 Å². The van der Waals surface area contributed by atoms with Crippen molar-refractivity contribution in [3.05, 3.63) is 87.7 Å². The number of amides is 1. The largest absolute Gasteiger partial charge is 0.480 e. The van der Waals surface area contributed by atoms with E-state index in [2.05, 4.69) is 24.4 Å². The van der Waals surface area contributed by atoms with Gasteiger partial charge in [-0.2, -0.15) is 0 Å². The van der Waals surface area contributed by atoms with Gasteiger partial charge in [-0.3, -0.25) is 4.79 Å². The molecule has 0 saturated heterocycles. The summed E-state index contributed by atoms with van der Waals surface area (Å²) in [5.41, 5.74) is 5.24. The summed E-state index contributed by atoms with van der Waals surface area (Å²) in [6.07, 6.45) is 0. The van der Waals surface area contributed by atoms with Gasteiger partial charge in [0.15, 0.2) is 0 Å². The van der Waals surface area contributed by atoms with Crippen LogP contribution in [0.2, 0.25) is 5.02 Å². The van der Waals surface area contributed by atoms with E-state index in [1.807, 2.05) is 38.1 Å². The van der Waals surface area contributed by atoms with Crippen LogP contribution in [0.5, 0.6) is 0 Å². The molecule has 2 N–H and O–H groups in total. The second-order valence-electron chi connectivity index (χ2n) is 8.54. The first-order chi connectivity index (χ1) is 16.0. The molecule has 0 radical (unpaired) electrons. The van der Waals surface area contributed by atoms with Crippen LogP contribution in [-0.4, -0.2) is 35.0 Å². The highest BCUT2D eigenvalue weighted by molar-refractivity contribution is 6.32. The molecule has 1 amide bonds. The number of rotatable bonds is 7. The fraction of sp³-hybridized carbons (Fsp3) is 0.259. The van der Waals surface area contributed by atoms with E-state index in [1.54, 1.807) is 6.07 Å². The minimum Gasteiger partial charge on any atom is -0.480 e. The third-order valence-corrected chi connectivity index (χ3v) is 6.59. The Hall–Kier alpha value is -3.38. The summed E-state index contributed by atoms with van der Waals surface area (Å²) < 4.78 is 14.8. The predicted molar refractivity (Wildman–Crippen MR) is 134 cm³/mol. The maximum Gasteiger partial charge on any atom is 0.326 e. The van der Waals surface area contributed by atoms with E-state index < -0.39 is 23.7 Å². The number of carbonyl (C=O) groups excluding carboxylic acids is 1. The van der Waals surface area contributed by atoms with Gasteiger partial charge >= 0.3 is 5.97 Å². The van der Waals surface area contributed by atoms with Crippen molar-refractivity contribution in [1.29, 1.82) is 0 Å². The lowest BCUT2D eigenvalue weighted by Crippen LogP contribution is -2.40. The van der Waals surface area contributed by atoms with Crippen LogP contribution < -0.4 is 5.32 Å². The molecular formula is C27H28ClFN2O3. The average Bonchev–Trinajstić information content (AvgIpc) is 2.80. The molecule has 0 fully saturated rings. The fourth-order valence-electron chi connectivity index (χ4n) is 3.75. The molecule has 0 aromatic heterocycles.